The Morgan fingerprint density at radius 2 is 1.89 bits per heavy atom. The smallest absolute Gasteiger partial charge is 0.193 e. The lowest BCUT2D eigenvalue weighted by Crippen LogP contribution is -2.22. The van der Waals surface area contributed by atoms with E-state index < -0.39 is 0 Å². The molecule has 2 rings (SSSR count). The zero-order valence-electron chi connectivity index (χ0n) is 10.1. The molecule has 2 aromatic rings. The normalized spacial score (nSPS) is 11.4. The first-order valence-electron chi connectivity index (χ1n) is 5.71. The van der Waals surface area contributed by atoms with Gasteiger partial charge < -0.3 is 11.1 Å². The quantitative estimate of drug-likeness (QED) is 0.656. The van der Waals surface area contributed by atoms with Gasteiger partial charge in [-0.3, -0.25) is 0 Å². The van der Waals surface area contributed by atoms with Crippen LogP contribution in [0.4, 0.5) is 5.69 Å². The third kappa shape index (κ3) is 3.98. The molecule has 0 radical (unpaired) electrons. The minimum atomic E-state index is 0.354. The molecule has 19 heavy (non-hydrogen) atoms. The van der Waals surface area contributed by atoms with Crippen molar-refractivity contribution in [1.29, 1.82) is 0 Å². The first-order valence-corrected chi connectivity index (χ1v) is 6.89. The average Bonchev–Trinajstić information content (AvgIpc) is 2.43. The summed E-state index contributed by atoms with van der Waals surface area (Å²) in [6.07, 6.45) is 0. The fourth-order valence-corrected chi connectivity index (χ4v) is 2.08. The van der Waals surface area contributed by atoms with E-state index >= 15 is 0 Å². The number of anilines is 1. The van der Waals surface area contributed by atoms with Gasteiger partial charge in [-0.05, 0) is 33.6 Å². The molecule has 3 N–H and O–H groups in total. The van der Waals surface area contributed by atoms with Gasteiger partial charge in [-0.2, -0.15) is 0 Å². The molecule has 0 heterocycles. The third-order valence-electron chi connectivity index (χ3n) is 2.49. The van der Waals surface area contributed by atoms with Crippen molar-refractivity contribution in [2.75, 3.05) is 5.32 Å². The molecular weight excluding hydrogens is 326 g/mol. The predicted molar refractivity (Wildman–Crippen MR) is 84.5 cm³/mol. The van der Waals surface area contributed by atoms with Gasteiger partial charge in [0, 0.05) is 0 Å². The van der Waals surface area contributed by atoms with Crippen molar-refractivity contribution in [3.8, 4) is 0 Å². The van der Waals surface area contributed by atoms with Crippen LogP contribution >= 0.6 is 27.5 Å². The Kier molecular flexibility index (Phi) is 4.82. The summed E-state index contributed by atoms with van der Waals surface area (Å²) < 4.78 is 0.773. The van der Waals surface area contributed by atoms with Gasteiger partial charge in [-0.1, -0.05) is 48.0 Å². The van der Waals surface area contributed by atoms with Crippen LogP contribution < -0.4 is 11.1 Å². The molecule has 0 atom stereocenters. The van der Waals surface area contributed by atoms with Crippen LogP contribution in [0.5, 0.6) is 0 Å². The Morgan fingerprint density at radius 3 is 2.63 bits per heavy atom. The summed E-state index contributed by atoms with van der Waals surface area (Å²) in [7, 11) is 0. The second-order valence-electron chi connectivity index (χ2n) is 3.91. The van der Waals surface area contributed by atoms with Crippen molar-refractivity contribution in [2.24, 2.45) is 10.7 Å². The summed E-state index contributed by atoms with van der Waals surface area (Å²) in [6.45, 7) is 0.540. The van der Waals surface area contributed by atoms with Crippen LogP contribution in [0.3, 0.4) is 0 Å². The molecule has 0 saturated heterocycles. The molecule has 0 aliphatic rings. The summed E-state index contributed by atoms with van der Waals surface area (Å²) in [5.74, 6) is 0.354. The SMILES string of the molecule is NC(=NCc1ccccc1)Nc1cccc(Cl)c1Br. The first-order chi connectivity index (χ1) is 9.16. The maximum absolute atomic E-state index is 6.00. The maximum Gasteiger partial charge on any atom is 0.193 e. The molecule has 0 saturated carbocycles. The molecule has 0 unspecified atom stereocenters. The van der Waals surface area contributed by atoms with Crippen molar-refractivity contribution >= 4 is 39.2 Å². The van der Waals surface area contributed by atoms with Gasteiger partial charge in [0.2, 0.25) is 0 Å². The summed E-state index contributed by atoms with van der Waals surface area (Å²) >= 11 is 9.40. The molecule has 98 valence electrons. The fourth-order valence-electron chi connectivity index (χ4n) is 1.54. The predicted octanol–water partition coefficient (Wildman–Crippen LogP) is 4.03. The number of nitrogens with one attached hydrogen (secondary N) is 1. The van der Waals surface area contributed by atoms with Crippen molar-refractivity contribution in [1.82, 2.24) is 0 Å². The lowest BCUT2D eigenvalue weighted by molar-refractivity contribution is 1.06. The number of hydrogen-bond acceptors (Lipinski definition) is 1. The fraction of sp³-hybridized carbons (Fsp3) is 0.0714. The average molecular weight is 339 g/mol. The van der Waals surface area contributed by atoms with Crippen LogP contribution in [0.2, 0.25) is 5.02 Å². The largest absolute Gasteiger partial charge is 0.370 e. The summed E-state index contributed by atoms with van der Waals surface area (Å²) in [5, 5.41) is 3.64. The van der Waals surface area contributed by atoms with E-state index in [1.165, 1.54) is 0 Å². The summed E-state index contributed by atoms with van der Waals surface area (Å²) in [4.78, 5) is 4.28. The van der Waals surface area contributed by atoms with Gasteiger partial charge >= 0.3 is 0 Å². The van der Waals surface area contributed by atoms with Gasteiger partial charge in [0.25, 0.3) is 0 Å². The van der Waals surface area contributed by atoms with E-state index in [2.05, 4.69) is 26.2 Å². The van der Waals surface area contributed by atoms with Crippen molar-refractivity contribution < 1.29 is 0 Å². The van der Waals surface area contributed by atoms with Gasteiger partial charge in [-0.15, -0.1) is 0 Å². The molecule has 0 aliphatic carbocycles. The summed E-state index contributed by atoms with van der Waals surface area (Å²) in [5.41, 5.74) is 7.75. The van der Waals surface area contributed by atoms with Crippen LogP contribution in [-0.2, 0) is 6.54 Å². The zero-order valence-corrected chi connectivity index (χ0v) is 12.4. The Balaban J connectivity index is 2.04. The Labute approximate surface area is 125 Å². The van der Waals surface area contributed by atoms with E-state index in [1.54, 1.807) is 6.07 Å². The highest BCUT2D eigenvalue weighted by molar-refractivity contribution is 9.10. The number of halogens is 2. The number of benzene rings is 2. The Hall–Kier alpha value is -1.52. The third-order valence-corrected chi connectivity index (χ3v) is 3.89. The highest BCUT2D eigenvalue weighted by Gasteiger charge is 2.04. The van der Waals surface area contributed by atoms with Crippen molar-refractivity contribution in [3.05, 3.63) is 63.6 Å². The van der Waals surface area contributed by atoms with Crippen molar-refractivity contribution in [2.45, 2.75) is 6.54 Å². The molecule has 0 aromatic heterocycles. The topological polar surface area (TPSA) is 50.4 Å². The second kappa shape index (κ2) is 6.59. The van der Waals surface area contributed by atoms with Crippen LogP contribution in [0.15, 0.2) is 58.0 Å². The molecule has 0 bridgehead atoms. The van der Waals surface area contributed by atoms with E-state index in [1.807, 2.05) is 42.5 Å². The van der Waals surface area contributed by atoms with Crippen LogP contribution in [0.25, 0.3) is 0 Å². The van der Waals surface area contributed by atoms with E-state index in [9.17, 15) is 0 Å². The molecule has 5 heteroatoms. The number of nitrogens with two attached hydrogens (primary N) is 1. The molecule has 0 amide bonds. The maximum atomic E-state index is 6.00. The number of nitrogens with zero attached hydrogens (tertiary/aromatic N) is 1. The lowest BCUT2D eigenvalue weighted by Gasteiger charge is -2.08. The van der Waals surface area contributed by atoms with E-state index in [-0.39, 0.29) is 0 Å². The van der Waals surface area contributed by atoms with Gasteiger partial charge in [0.15, 0.2) is 5.96 Å². The van der Waals surface area contributed by atoms with E-state index in [0.717, 1.165) is 15.7 Å². The molecule has 0 fully saturated rings. The van der Waals surface area contributed by atoms with E-state index in [0.29, 0.717) is 17.5 Å². The number of aliphatic imine (C=N–C) groups is 1. The van der Waals surface area contributed by atoms with Crippen LogP contribution in [0, 0.1) is 0 Å². The number of guanidine groups is 1. The van der Waals surface area contributed by atoms with Gasteiger partial charge in [0.1, 0.15) is 0 Å². The minimum absolute atomic E-state index is 0.354. The Morgan fingerprint density at radius 1 is 1.16 bits per heavy atom. The van der Waals surface area contributed by atoms with E-state index in [4.69, 9.17) is 17.3 Å². The highest BCUT2D eigenvalue weighted by Crippen LogP contribution is 2.29. The second-order valence-corrected chi connectivity index (χ2v) is 5.11. The number of hydrogen-bond donors (Lipinski definition) is 2. The van der Waals surface area contributed by atoms with Gasteiger partial charge in [-0.25, -0.2) is 4.99 Å². The van der Waals surface area contributed by atoms with Crippen LogP contribution in [0.1, 0.15) is 5.56 Å². The molecule has 0 aliphatic heterocycles. The lowest BCUT2D eigenvalue weighted by atomic mass is 10.2. The zero-order chi connectivity index (χ0) is 13.7. The van der Waals surface area contributed by atoms with Crippen LogP contribution in [-0.4, -0.2) is 5.96 Å². The molecule has 0 spiro atoms. The Bertz CT molecular complexity index is 584. The summed E-state index contributed by atoms with van der Waals surface area (Å²) in [6, 6.07) is 15.5. The monoisotopic (exact) mass is 337 g/mol. The first kappa shape index (κ1) is 13.9. The molecule has 3 nitrogen and oxygen atoms in total. The highest BCUT2D eigenvalue weighted by atomic mass is 79.9. The molecule has 2 aromatic carbocycles. The van der Waals surface area contributed by atoms with Crippen molar-refractivity contribution in [3.63, 3.8) is 0 Å². The minimum Gasteiger partial charge on any atom is -0.370 e. The van der Waals surface area contributed by atoms with Gasteiger partial charge in [0.05, 0.1) is 21.7 Å². The standard InChI is InChI=1S/C14H13BrClN3/c15-13-11(16)7-4-8-12(13)19-14(17)18-9-10-5-2-1-3-6-10/h1-8H,9H2,(H3,17,18,19). The molecular formula is C14H13BrClN3. The number of rotatable bonds is 3.